The predicted octanol–water partition coefficient (Wildman–Crippen LogP) is 3.02. The van der Waals surface area contributed by atoms with E-state index in [-0.39, 0.29) is 36.8 Å². The van der Waals surface area contributed by atoms with Gasteiger partial charge in [0, 0.05) is 13.6 Å². The summed E-state index contributed by atoms with van der Waals surface area (Å²) in [6.45, 7) is 1.36. The Labute approximate surface area is 156 Å². The van der Waals surface area contributed by atoms with Gasteiger partial charge in [-0.25, -0.2) is 0 Å². The lowest BCUT2D eigenvalue weighted by atomic mass is 10.1. The largest absolute Gasteiger partial charge is 0.358 e. The van der Waals surface area contributed by atoms with Crippen molar-refractivity contribution >= 4 is 41.5 Å². The highest BCUT2D eigenvalue weighted by Crippen LogP contribution is 2.15. The van der Waals surface area contributed by atoms with Gasteiger partial charge in [-0.2, -0.15) is 0 Å². The standard InChI is InChI=1S/C18H25N3O.2ClH/c1-20-18(22)17(8-4-5-11-19)21-13-14-9-10-15-6-2-3-7-16(15)12-14;;/h2-3,6-7,9-10,12,17,21H,4-5,8,11,13,19H2,1H3,(H,20,22);2*1H. The lowest BCUT2D eigenvalue weighted by molar-refractivity contribution is -0.122. The van der Waals surface area contributed by atoms with Crippen LogP contribution < -0.4 is 16.4 Å². The van der Waals surface area contributed by atoms with Crippen molar-refractivity contribution in [3.05, 3.63) is 48.0 Å². The molecular formula is C18H27Cl2N3O. The van der Waals surface area contributed by atoms with Crippen LogP contribution in [0.3, 0.4) is 0 Å². The highest BCUT2D eigenvalue weighted by Gasteiger charge is 2.15. The minimum absolute atomic E-state index is 0. The second kappa shape index (κ2) is 12.1. The van der Waals surface area contributed by atoms with E-state index in [9.17, 15) is 4.79 Å². The number of hydrogen-bond donors (Lipinski definition) is 3. The van der Waals surface area contributed by atoms with Crippen molar-refractivity contribution in [3.63, 3.8) is 0 Å². The number of hydrogen-bond acceptors (Lipinski definition) is 3. The van der Waals surface area contributed by atoms with Crippen molar-refractivity contribution in [2.45, 2.75) is 31.8 Å². The molecule has 4 N–H and O–H groups in total. The average Bonchev–Trinajstić information content (AvgIpc) is 2.57. The second-order valence-corrected chi connectivity index (χ2v) is 5.51. The number of amides is 1. The third kappa shape index (κ3) is 6.65. The topological polar surface area (TPSA) is 67.2 Å². The second-order valence-electron chi connectivity index (χ2n) is 5.51. The molecule has 0 radical (unpaired) electrons. The van der Waals surface area contributed by atoms with E-state index in [2.05, 4.69) is 41.0 Å². The zero-order chi connectivity index (χ0) is 15.8. The lowest BCUT2D eigenvalue weighted by Crippen LogP contribution is -2.42. The number of likely N-dealkylation sites (N-methyl/N-ethyl adjacent to an activating group) is 1. The SMILES string of the molecule is CNC(=O)C(CCCCN)NCc1ccc2ccccc2c1.Cl.Cl. The number of nitrogens with one attached hydrogen (secondary N) is 2. The van der Waals surface area contributed by atoms with Gasteiger partial charge in [0.25, 0.3) is 0 Å². The summed E-state index contributed by atoms with van der Waals surface area (Å²) in [6, 6.07) is 14.5. The zero-order valence-electron chi connectivity index (χ0n) is 14.0. The van der Waals surface area contributed by atoms with Crippen LogP contribution in [-0.2, 0) is 11.3 Å². The van der Waals surface area contributed by atoms with Crippen molar-refractivity contribution in [2.24, 2.45) is 5.73 Å². The molecule has 2 aromatic carbocycles. The fourth-order valence-electron chi connectivity index (χ4n) is 2.58. The van der Waals surface area contributed by atoms with Gasteiger partial charge in [0.1, 0.15) is 0 Å². The highest BCUT2D eigenvalue weighted by atomic mass is 35.5. The summed E-state index contributed by atoms with van der Waals surface area (Å²) in [4.78, 5) is 11.9. The normalized spacial score (nSPS) is 11.2. The molecule has 1 amide bonds. The first kappa shape index (κ1) is 22.7. The maximum absolute atomic E-state index is 11.9. The van der Waals surface area contributed by atoms with E-state index in [1.807, 2.05) is 12.1 Å². The number of halogens is 2. The molecule has 0 aromatic heterocycles. The molecule has 2 aromatic rings. The maximum Gasteiger partial charge on any atom is 0.236 e. The van der Waals surface area contributed by atoms with Gasteiger partial charge in [0.15, 0.2) is 0 Å². The van der Waals surface area contributed by atoms with Crippen molar-refractivity contribution in [2.75, 3.05) is 13.6 Å². The van der Waals surface area contributed by atoms with Gasteiger partial charge >= 0.3 is 0 Å². The monoisotopic (exact) mass is 371 g/mol. The van der Waals surface area contributed by atoms with E-state index in [1.54, 1.807) is 7.05 Å². The van der Waals surface area contributed by atoms with Crippen LogP contribution in [0.15, 0.2) is 42.5 Å². The molecule has 4 nitrogen and oxygen atoms in total. The summed E-state index contributed by atoms with van der Waals surface area (Å²) < 4.78 is 0. The molecule has 2 rings (SSSR count). The molecule has 134 valence electrons. The maximum atomic E-state index is 11.9. The summed E-state index contributed by atoms with van der Waals surface area (Å²) in [6.07, 6.45) is 2.72. The molecule has 0 aliphatic rings. The molecule has 0 saturated heterocycles. The van der Waals surface area contributed by atoms with Crippen LogP contribution in [0.4, 0.5) is 0 Å². The fraction of sp³-hybridized carbons (Fsp3) is 0.389. The molecule has 0 fully saturated rings. The first-order valence-electron chi connectivity index (χ1n) is 7.87. The van der Waals surface area contributed by atoms with Crippen LogP contribution in [0.5, 0.6) is 0 Å². The molecule has 0 saturated carbocycles. The lowest BCUT2D eigenvalue weighted by Gasteiger charge is -2.17. The van der Waals surface area contributed by atoms with Gasteiger partial charge in [-0.05, 0) is 41.8 Å². The minimum Gasteiger partial charge on any atom is -0.358 e. The number of fused-ring (bicyclic) bond motifs is 1. The number of rotatable bonds is 8. The number of benzene rings is 2. The minimum atomic E-state index is -0.164. The third-order valence-corrected chi connectivity index (χ3v) is 3.88. The molecule has 0 bridgehead atoms. The number of nitrogens with two attached hydrogens (primary N) is 1. The van der Waals surface area contributed by atoms with Gasteiger partial charge in [-0.1, -0.05) is 42.8 Å². The van der Waals surface area contributed by atoms with Gasteiger partial charge in [0.2, 0.25) is 5.91 Å². The first-order valence-corrected chi connectivity index (χ1v) is 7.87. The van der Waals surface area contributed by atoms with Crippen LogP contribution in [0, 0.1) is 0 Å². The van der Waals surface area contributed by atoms with Crippen molar-refractivity contribution in [1.29, 1.82) is 0 Å². The van der Waals surface area contributed by atoms with Crippen molar-refractivity contribution < 1.29 is 4.79 Å². The van der Waals surface area contributed by atoms with Crippen LogP contribution >= 0.6 is 24.8 Å². The molecular weight excluding hydrogens is 345 g/mol. The van der Waals surface area contributed by atoms with Crippen LogP contribution in [0.25, 0.3) is 10.8 Å². The first-order chi connectivity index (χ1) is 10.7. The zero-order valence-corrected chi connectivity index (χ0v) is 15.6. The molecule has 0 aliphatic carbocycles. The summed E-state index contributed by atoms with van der Waals surface area (Å²) >= 11 is 0. The Hall–Kier alpha value is -1.33. The van der Waals surface area contributed by atoms with Crippen LogP contribution in [0.2, 0.25) is 0 Å². The number of carbonyl (C=O) groups excluding carboxylic acids is 1. The highest BCUT2D eigenvalue weighted by molar-refractivity contribution is 5.85. The van der Waals surface area contributed by atoms with Gasteiger partial charge < -0.3 is 16.4 Å². The molecule has 0 heterocycles. The molecule has 1 atom stereocenters. The molecule has 24 heavy (non-hydrogen) atoms. The Morgan fingerprint density at radius 1 is 1.08 bits per heavy atom. The Morgan fingerprint density at radius 3 is 2.46 bits per heavy atom. The average molecular weight is 372 g/mol. The van der Waals surface area contributed by atoms with Gasteiger partial charge in [-0.3, -0.25) is 4.79 Å². The summed E-state index contributed by atoms with van der Waals surface area (Å²) in [5.41, 5.74) is 6.71. The van der Waals surface area contributed by atoms with Crippen LogP contribution in [0.1, 0.15) is 24.8 Å². The smallest absolute Gasteiger partial charge is 0.236 e. The molecule has 1 unspecified atom stereocenters. The van der Waals surface area contributed by atoms with Crippen molar-refractivity contribution in [3.8, 4) is 0 Å². The summed E-state index contributed by atoms with van der Waals surface area (Å²) in [5, 5.41) is 8.54. The predicted molar refractivity (Wildman–Crippen MR) is 106 cm³/mol. The van der Waals surface area contributed by atoms with E-state index in [1.165, 1.54) is 16.3 Å². The van der Waals surface area contributed by atoms with Crippen molar-refractivity contribution in [1.82, 2.24) is 10.6 Å². The molecule has 0 aliphatic heterocycles. The fourth-order valence-corrected chi connectivity index (χ4v) is 2.58. The molecule has 0 spiro atoms. The Morgan fingerprint density at radius 2 is 1.79 bits per heavy atom. The third-order valence-electron chi connectivity index (χ3n) is 3.88. The summed E-state index contributed by atoms with van der Waals surface area (Å²) in [7, 11) is 1.68. The molecule has 6 heteroatoms. The van der Waals surface area contributed by atoms with Gasteiger partial charge in [0.05, 0.1) is 6.04 Å². The van der Waals surface area contributed by atoms with E-state index < -0.39 is 0 Å². The van der Waals surface area contributed by atoms with E-state index in [4.69, 9.17) is 5.73 Å². The summed E-state index contributed by atoms with van der Waals surface area (Å²) in [5.74, 6) is 0.0396. The van der Waals surface area contributed by atoms with Gasteiger partial charge in [-0.15, -0.1) is 24.8 Å². The van der Waals surface area contributed by atoms with Crippen LogP contribution in [-0.4, -0.2) is 25.5 Å². The Bertz CT molecular complexity index is 622. The quantitative estimate of drug-likeness (QED) is 0.624. The van der Waals surface area contributed by atoms with E-state index in [0.717, 1.165) is 19.3 Å². The number of carbonyl (C=O) groups is 1. The number of unbranched alkanes of at least 4 members (excludes halogenated alkanes) is 1. The van der Waals surface area contributed by atoms with E-state index >= 15 is 0 Å². The van der Waals surface area contributed by atoms with E-state index in [0.29, 0.717) is 13.1 Å². The Kier molecular flexibility index (Phi) is 11.4. The Balaban J connectivity index is 0.00000264.